The van der Waals surface area contributed by atoms with Crippen molar-refractivity contribution >= 4 is 29.1 Å². The minimum atomic E-state index is -2.77. The molecule has 22 heavy (non-hydrogen) atoms. The van der Waals surface area contributed by atoms with Gasteiger partial charge in [0, 0.05) is 19.3 Å². The molecule has 0 atom stereocenters. The smallest absolute Gasteiger partial charge is 0.333 e. The maximum absolute atomic E-state index is 12.3. The Labute approximate surface area is 135 Å². The molecule has 0 saturated carbocycles. The van der Waals surface area contributed by atoms with Gasteiger partial charge in [0.05, 0.1) is 5.69 Å². The third-order valence-electron chi connectivity index (χ3n) is 2.87. The highest BCUT2D eigenvalue weighted by Crippen LogP contribution is 2.24. The molecule has 2 aromatic heterocycles. The van der Waals surface area contributed by atoms with E-state index in [2.05, 4.69) is 15.5 Å². The Morgan fingerprint density at radius 3 is 2.68 bits per heavy atom. The van der Waals surface area contributed by atoms with Crippen LogP contribution in [0.2, 0.25) is 10.2 Å². The summed E-state index contributed by atoms with van der Waals surface area (Å²) in [4.78, 5) is 11.7. The van der Waals surface area contributed by atoms with Gasteiger partial charge in [-0.25, -0.2) is 4.68 Å². The first-order valence-corrected chi connectivity index (χ1v) is 7.15. The first-order chi connectivity index (χ1) is 10.4. The van der Waals surface area contributed by atoms with Crippen molar-refractivity contribution in [2.24, 2.45) is 0 Å². The molecule has 6 nitrogen and oxygen atoms in total. The third kappa shape index (κ3) is 3.75. The van der Waals surface area contributed by atoms with Crippen molar-refractivity contribution in [2.75, 3.05) is 6.54 Å². The van der Waals surface area contributed by atoms with Crippen LogP contribution in [0, 0.1) is 6.92 Å². The van der Waals surface area contributed by atoms with Gasteiger partial charge in [0.2, 0.25) is 0 Å². The van der Waals surface area contributed by atoms with Gasteiger partial charge in [-0.3, -0.25) is 9.48 Å². The highest BCUT2D eigenvalue weighted by molar-refractivity contribution is 6.41. The molecule has 2 heterocycles. The first-order valence-electron chi connectivity index (χ1n) is 6.40. The molecule has 2 rings (SSSR count). The van der Waals surface area contributed by atoms with Crippen LogP contribution in [-0.2, 0) is 6.54 Å². The van der Waals surface area contributed by atoms with Crippen LogP contribution in [0.4, 0.5) is 8.78 Å². The van der Waals surface area contributed by atoms with E-state index in [1.54, 1.807) is 6.92 Å². The summed E-state index contributed by atoms with van der Waals surface area (Å²) in [6.07, 6.45) is 1.60. The van der Waals surface area contributed by atoms with Crippen LogP contribution in [-0.4, -0.2) is 32.0 Å². The lowest BCUT2D eigenvalue weighted by molar-refractivity contribution is 0.0560. The van der Waals surface area contributed by atoms with Crippen molar-refractivity contribution in [3.05, 3.63) is 33.8 Å². The molecule has 0 aromatic carbocycles. The molecule has 0 aliphatic carbocycles. The third-order valence-corrected chi connectivity index (χ3v) is 3.80. The molecular weight excluding hydrogens is 339 g/mol. The van der Waals surface area contributed by atoms with Gasteiger partial charge in [0.1, 0.15) is 15.9 Å². The van der Waals surface area contributed by atoms with Crippen molar-refractivity contribution in [3.8, 4) is 0 Å². The average molecular weight is 352 g/mol. The van der Waals surface area contributed by atoms with Crippen molar-refractivity contribution < 1.29 is 13.6 Å². The summed E-state index contributed by atoms with van der Waals surface area (Å²) >= 11 is 11.9. The van der Waals surface area contributed by atoms with Crippen LogP contribution in [0.25, 0.3) is 0 Å². The highest BCUT2D eigenvalue weighted by Gasteiger charge is 2.13. The Bertz CT molecular complexity index is 671. The Morgan fingerprint density at radius 1 is 1.41 bits per heavy atom. The molecule has 2 aromatic rings. The number of aromatic nitrogens is 4. The van der Waals surface area contributed by atoms with Crippen LogP contribution in [0.1, 0.15) is 29.2 Å². The van der Waals surface area contributed by atoms with Crippen LogP contribution in [0.5, 0.6) is 0 Å². The van der Waals surface area contributed by atoms with Crippen LogP contribution in [0.3, 0.4) is 0 Å². The molecule has 0 radical (unpaired) electrons. The molecule has 0 aliphatic rings. The van der Waals surface area contributed by atoms with E-state index < -0.39 is 12.5 Å². The number of nitrogens with zero attached hydrogens (tertiary/aromatic N) is 4. The molecule has 0 spiro atoms. The van der Waals surface area contributed by atoms with Gasteiger partial charge in [-0.15, -0.1) is 0 Å². The summed E-state index contributed by atoms with van der Waals surface area (Å²) in [6, 6.07) is 1.23. The zero-order valence-corrected chi connectivity index (χ0v) is 13.1. The summed E-state index contributed by atoms with van der Waals surface area (Å²) in [5.41, 5.74) is 0.574. The molecular formula is C12H13Cl2F2N5O. The Balaban J connectivity index is 1.80. The molecule has 120 valence electrons. The van der Waals surface area contributed by atoms with E-state index in [-0.39, 0.29) is 5.69 Å². The van der Waals surface area contributed by atoms with Gasteiger partial charge in [-0.05, 0) is 19.4 Å². The molecule has 0 bridgehead atoms. The molecule has 1 N–H and O–H groups in total. The zero-order valence-electron chi connectivity index (χ0n) is 11.6. The van der Waals surface area contributed by atoms with Gasteiger partial charge in [-0.2, -0.15) is 19.0 Å². The van der Waals surface area contributed by atoms with E-state index >= 15 is 0 Å². The normalized spacial score (nSPS) is 11.2. The molecule has 1 amide bonds. The fraction of sp³-hybridized carbons (Fsp3) is 0.417. The SMILES string of the molecule is Cc1nn(CCCNC(=O)c2ccn(C(F)F)n2)c(Cl)c1Cl. The fourth-order valence-corrected chi connectivity index (χ4v) is 2.16. The van der Waals surface area contributed by atoms with Crippen molar-refractivity contribution in [1.82, 2.24) is 24.9 Å². The van der Waals surface area contributed by atoms with Crippen LogP contribution < -0.4 is 5.32 Å². The van der Waals surface area contributed by atoms with Gasteiger partial charge in [-0.1, -0.05) is 23.2 Å². The predicted molar refractivity (Wildman–Crippen MR) is 77.4 cm³/mol. The van der Waals surface area contributed by atoms with E-state index in [0.717, 1.165) is 6.20 Å². The summed E-state index contributed by atoms with van der Waals surface area (Å²) in [7, 11) is 0. The number of amides is 1. The van der Waals surface area contributed by atoms with E-state index in [4.69, 9.17) is 23.2 Å². The van der Waals surface area contributed by atoms with Crippen molar-refractivity contribution in [2.45, 2.75) is 26.4 Å². The van der Waals surface area contributed by atoms with E-state index in [9.17, 15) is 13.6 Å². The average Bonchev–Trinajstić information content (AvgIpc) is 3.06. The van der Waals surface area contributed by atoms with Gasteiger partial charge >= 0.3 is 6.55 Å². The number of carbonyl (C=O) groups is 1. The number of nitrogens with one attached hydrogen (secondary N) is 1. The Kier molecular flexibility index (Phi) is 5.36. The number of alkyl halides is 2. The van der Waals surface area contributed by atoms with Crippen molar-refractivity contribution in [1.29, 1.82) is 0 Å². The zero-order chi connectivity index (χ0) is 16.3. The summed E-state index contributed by atoms with van der Waals surface area (Å²) in [6.45, 7) is -0.228. The first kappa shape index (κ1) is 16.7. The molecule has 0 saturated heterocycles. The topological polar surface area (TPSA) is 64.7 Å². The minimum absolute atomic E-state index is 0.0590. The van der Waals surface area contributed by atoms with E-state index in [0.29, 0.717) is 40.1 Å². The lowest BCUT2D eigenvalue weighted by Crippen LogP contribution is -2.26. The van der Waals surface area contributed by atoms with Crippen molar-refractivity contribution in [3.63, 3.8) is 0 Å². The number of carbonyl (C=O) groups excluding carboxylic acids is 1. The van der Waals surface area contributed by atoms with E-state index in [1.807, 2.05) is 0 Å². The second-order valence-corrected chi connectivity index (χ2v) is 5.22. The largest absolute Gasteiger partial charge is 0.351 e. The molecule has 0 aliphatic heterocycles. The molecule has 10 heteroatoms. The number of halogens is 4. The lowest BCUT2D eigenvalue weighted by Gasteiger charge is -2.05. The summed E-state index contributed by atoms with van der Waals surface area (Å²) in [5.74, 6) is -0.514. The summed E-state index contributed by atoms with van der Waals surface area (Å²) < 4.78 is 26.7. The highest BCUT2D eigenvalue weighted by atomic mass is 35.5. The number of hydrogen-bond acceptors (Lipinski definition) is 3. The number of rotatable bonds is 6. The maximum atomic E-state index is 12.3. The monoisotopic (exact) mass is 351 g/mol. The Morgan fingerprint density at radius 2 is 2.14 bits per heavy atom. The van der Waals surface area contributed by atoms with Crippen LogP contribution in [0.15, 0.2) is 12.3 Å². The van der Waals surface area contributed by atoms with E-state index in [1.165, 1.54) is 10.7 Å². The standard InChI is InChI=1S/C12H13Cl2F2N5O/c1-7-9(13)10(14)20(18-7)5-2-4-17-11(22)8-3-6-21(19-8)12(15)16/h3,6,12H,2,4-5H2,1H3,(H,17,22). The number of aryl methyl sites for hydroxylation is 2. The maximum Gasteiger partial charge on any atom is 0.333 e. The fourth-order valence-electron chi connectivity index (χ4n) is 1.77. The predicted octanol–water partition coefficient (Wildman–Crippen LogP) is 2.91. The Hall–Kier alpha value is -1.67. The second-order valence-electron chi connectivity index (χ2n) is 4.48. The minimum Gasteiger partial charge on any atom is -0.351 e. The molecule has 0 unspecified atom stereocenters. The second kappa shape index (κ2) is 7.06. The van der Waals surface area contributed by atoms with Gasteiger partial charge in [0.25, 0.3) is 5.91 Å². The van der Waals surface area contributed by atoms with Gasteiger partial charge < -0.3 is 5.32 Å². The lowest BCUT2D eigenvalue weighted by atomic mass is 10.3. The quantitative estimate of drug-likeness (QED) is 0.813. The number of hydrogen-bond donors (Lipinski definition) is 1. The van der Waals surface area contributed by atoms with Crippen LogP contribution >= 0.6 is 23.2 Å². The molecule has 0 fully saturated rings. The summed E-state index contributed by atoms with van der Waals surface area (Å²) in [5, 5.41) is 11.0. The van der Waals surface area contributed by atoms with Gasteiger partial charge in [0.15, 0.2) is 0 Å².